The number of rotatable bonds is 7. The molecule has 0 spiro atoms. The van der Waals surface area contributed by atoms with Crippen molar-refractivity contribution in [3.8, 4) is 5.75 Å². The van der Waals surface area contributed by atoms with Crippen LogP contribution in [0.5, 0.6) is 5.75 Å². The van der Waals surface area contributed by atoms with Crippen LogP contribution in [0.2, 0.25) is 0 Å². The minimum absolute atomic E-state index is 0.0177. The van der Waals surface area contributed by atoms with Gasteiger partial charge in [0, 0.05) is 6.54 Å². The van der Waals surface area contributed by atoms with Crippen molar-refractivity contribution in [2.24, 2.45) is 0 Å². The summed E-state index contributed by atoms with van der Waals surface area (Å²) in [4.78, 5) is 18.6. The molecule has 0 amide bonds. The second-order valence-corrected chi connectivity index (χ2v) is 6.79. The van der Waals surface area contributed by atoms with Crippen LogP contribution in [0, 0.1) is 4.77 Å². The highest BCUT2D eigenvalue weighted by Crippen LogP contribution is 2.26. The summed E-state index contributed by atoms with van der Waals surface area (Å²) in [5.41, 5.74) is 1.81. The second-order valence-electron chi connectivity index (χ2n) is 6.41. The fourth-order valence-corrected chi connectivity index (χ4v) is 3.75. The molecule has 1 atom stereocenters. The number of para-hydroxylation sites is 1. The summed E-state index contributed by atoms with van der Waals surface area (Å²) in [6, 6.07) is 15.5. The minimum atomic E-state index is -0.0607. The highest BCUT2D eigenvalue weighted by atomic mass is 32.1. The highest BCUT2D eigenvalue weighted by molar-refractivity contribution is 7.71. The molecular formula is C21H25N3O2S. The normalized spacial score (nSPS) is 12.4. The number of fused-ring (bicyclic) bond motifs is 1. The molecule has 0 saturated heterocycles. The fourth-order valence-electron chi connectivity index (χ4n) is 3.48. The smallest absolute Gasteiger partial charge is 0.262 e. The van der Waals surface area contributed by atoms with Crippen molar-refractivity contribution in [2.45, 2.75) is 26.4 Å². The molecule has 0 fully saturated rings. The number of benzene rings is 2. The molecule has 3 aromatic rings. The van der Waals surface area contributed by atoms with Crippen molar-refractivity contribution in [2.75, 3.05) is 20.2 Å². The molecule has 6 heteroatoms. The van der Waals surface area contributed by atoms with E-state index in [-0.39, 0.29) is 11.6 Å². The summed E-state index contributed by atoms with van der Waals surface area (Å²) in [5, 5.41) is 0.648. The zero-order valence-corrected chi connectivity index (χ0v) is 16.8. The van der Waals surface area contributed by atoms with Crippen LogP contribution < -0.4 is 10.3 Å². The Bertz CT molecular complexity index is 1040. The third-order valence-corrected chi connectivity index (χ3v) is 5.30. The van der Waals surface area contributed by atoms with Gasteiger partial charge in [-0.1, -0.05) is 38.1 Å². The number of methoxy groups -OCH3 is 1. The average Bonchev–Trinajstić information content (AvgIpc) is 2.70. The van der Waals surface area contributed by atoms with Gasteiger partial charge in [-0.3, -0.25) is 14.3 Å². The van der Waals surface area contributed by atoms with Gasteiger partial charge in [0.05, 0.1) is 24.1 Å². The van der Waals surface area contributed by atoms with E-state index in [1.165, 1.54) is 0 Å². The van der Waals surface area contributed by atoms with E-state index in [2.05, 4.69) is 29.8 Å². The molecule has 5 nitrogen and oxygen atoms in total. The Morgan fingerprint density at radius 3 is 2.59 bits per heavy atom. The lowest BCUT2D eigenvalue weighted by Gasteiger charge is -2.30. The lowest BCUT2D eigenvalue weighted by atomic mass is 10.0. The average molecular weight is 384 g/mol. The second kappa shape index (κ2) is 8.50. The third kappa shape index (κ3) is 3.96. The summed E-state index contributed by atoms with van der Waals surface area (Å²) in [7, 11) is 1.66. The first-order valence-corrected chi connectivity index (χ1v) is 9.59. The first-order valence-electron chi connectivity index (χ1n) is 9.18. The summed E-state index contributed by atoms with van der Waals surface area (Å²) in [5.74, 6) is 0.806. The van der Waals surface area contributed by atoms with Gasteiger partial charge < -0.3 is 9.72 Å². The standard InChI is InChI=1S/C21H25N3O2S/c1-4-23(5-2)19(15-9-8-10-16(13-15)26-3)14-24-20(25)17-11-6-7-12-18(17)22-21(24)27/h6-13,19H,4-5,14H2,1-3H3,(H,22,27)/t19-/m0/s1. The van der Waals surface area contributed by atoms with E-state index in [0.29, 0.717) is 16.7 Å². The van der Waals surface area contributed by atoms with Crippen LogP contribution in [-0.4, -0.2) is 34.7 Å². The number of hydrogen-bond acceptors (Lipinski definition) is 4. The number of ether oxygens (including phenoxy) is 1. The van der Waals surface area contributed by atoms with Gasteiger partial charge in [0.2, 0.25) is 0 Å². The Kier molecular flexibility index (Phi) is 6.08. The van der Waals surface area contributed by atoms with Gasteiger partial charge in [-0.05, 0) is 55.1 Å². The van der Waals surface area contributed by atoms with Gasteiger partial charge in [0.15, 0.2) is 4.77 Å². The number of nitrogens with zero attached hydrogens (tertiary/aromatic N) is 2. The Morgan fingerprint density at radius 1 is 1.15 bits per heavy atom. The van der Waals surface area contributed by atoms with Crippen molar-refractivity contribution in [1.82, 2.24) is 14.5 Å². The van der Waals surface area contributed by atoms with E-state index in [1.54, 1.807) is 11.7 Å². The lowest BCUT2D eigenvalue weighted by molar-refractivity contribution is 0.195. The molecule has 27 heavy (non-hydrogen) atoms. The van der Waals surface area contributed by atoms with Gasteiger partial charge in [-0.25, -0.2) is 0 Å². The summed E-state index contributed by atoms with van der Waals surface area (Å²) in [6.45, 7) is 6.48. The lowest BCUT2D eigenvalue weighted by Crippen LogP contribution is -2.35. The Hall–Kier alpha value is -2.44. The van der Waals surface area contributed by atoms with Gasteiger partial charge in [0.25, 0.3) is 5.56 Å². The Labute approximate surface area is 164 Å². The number of hydrogen-bond donors (Lipinski definition) is 1. The van der Waals surface area contributed by atoms with Crippen molar-refractivity contribution in [3.63, 3.8) is 0 Å². The highest BCUT2D eigenvalue weighted by Gasteiger charge is 2.21. The summed E-state index contributed by atoms with van der Waals surface area (Å²) in [6.07, 6.45) is 0. The zero-order chi connectivity index (χ0) is 19.4. The van der Waals surface area contributed by atoms with E-state index >= 15 is 0 Å². The number of likely N-dealkylation sites (N-methyl/N-ethyl adjacent to an activating group) is 1. The first-order chi connectivity index (χ1) is 13.1. The first kappa shape index (κ1) is 19.3. The van der Waals surface area contributed by atoms with E-state index in [4.69, 9.17) is 17.0 Å². The monoisotopic (exact) mass is 383 g/mol. The van der Waals surface area contributed by atoms with E-state index in [0.717, 1.165) is 29.9 Å². The molecule has 1 aromatic heterocycles. The van der Waals surface area contributed by atoms with Crippen LogP contribution in [0.15, 0.2) is 53.3 Å². The topological polar surface area (TPSA) is 50.3 Å². The number of H-pyrrole nitrogens is 1. The van der Waals surface area contributed by atoms with Gasteiger partial charge >= 0.3 is 0 Å². The quantitative estimate of drug-likeness (QED) is 0.623. The van der Waals surface area contributed by atoms with Crippen LogP contribution in [0.4, 0.5) is 0 Å². The molecule has 3 rings (SSSR count). The fraction of sp³-hybridized carbons (Fsp3) is 0.333. The number of nitrogens with one attached hydrogen (secondary N) is 1. The molecule has 1 N–H and O–H groups in total. The van der Waals surface area contributed by atoms with Crippen LogP contribution in [-0.2, 0) is 6.54 Å². The largest absolute Gasteiger partial charge is 0.497 e. The maximum absolute atomic E-state index is 13.1. The van der Waals surface area contributed by atoms with Gasteiger partial charge in [0.1, 0.15) is 5.75 Å². The zero-order valence-electron chi connectivity index (χ0n) is 15.9. The van der Waals surface area contributed by atoms with Crippen molar-refractivity contribution < 1.29 is 4.74 Å². The Morgan fingerprint density at radius 2 is 1.89 bits per heavy atom. The SMILES string of the molecule is CCN(CC)[C@@H](Cn1c(=S)[nH]c2ccccc2c1=O)c1cccc(OC)c1. The van der Waals surface area contributed by atoms with Gasteiger partial charge in [-0.2, -0.15) is 0 Å². The maximum Gasteiger partial charge on any atom is 0.262 e. The molecule has 1 heterocycles. The van der Waals surface area contributed by atoms with Crippen molar-refractivity contribution in [3.05, 3.63) is 69.2 Å². The van der Waals surface area contributed by atoms with Gasteiger partial charge in [-0.15, -0.1) is 0 Å². The molecule has 0 aliphatic heterocycles. The van der Waals surface area contributed by atoms with Crippen LogP contribution in [0.1, 0.15) is 25.5 Å². The van der Waals surface area contributed by atoms with Crippen molar-refractivity contribution >= 4 is 23.1 Å². The van der Waals surface area contributed by atoms with Crippen LogP contribution in [0.25, 0.3) is 10.9 Å². The predicted molar refractivity (Wildman–Crippen MR) is 112 cm³/mol. The molecule has 0 aliphatic carbocycles. The van der Waals surface area contributed by atoms with Crippen molar-refractivity contribution in [1.29, 1.82) is 0 Å². The maximum atomic E-state index is 13.1. The number of aromatic nitrogens is 2. The van der Waals surface area contributed by atoms with Crippen LogP contribution in [0.3, 0.4) is 0 Å². The third-order valence-electron chi connectivity index (χ3n) is 4.98. The molecular weight excluding hydrogens is 358 g/mol. The minimum Gasteiger partial charge on any atom is -0.497 e. The van der Waals surface area contributed by atoms with E-state index < -0.39 is 0 Å². The van der Waals surface area contributed by atoms with E-state index in [9.17, 15) is 4.79 Å². The van der Waals surface area contributed by atoms with E-state index in [1.807, 2.05) is 42.5 Å². The summed E-state index contributed by atoms with van der Waals surface area (Å²) < 4.78 is 7.50. The molecule has 142 valence electrons. The summed E-state index contributed by atoms with van der Waals surface area (Å²) >= 11 is 5.51. The predicted octanol–water partition coefficient (Wildman–Crippen LogP) is 4.15. The molecule has 0 aliphatic rings. The number of aromatic amines is 1. The molecule has 0 unspecified atom stereocenters. The molecule has 0 radical (unpaired) electrons. The molecule has 0 bridgehead atoms. The molecule has 0 saturated carbocycles. The van der Waals surface area contributed by atoms with Crippen LogP contribution >= 0.6 is 12.2 Å². The Balaban J connectivity index is 2.11. The molecule has 2 aromatic carbocycles.